The Morgan fingerprint density at radius 2 is 1.79 bits per heavy atom. The number of nitrogens with zero attached hydrogens (tertiary/aromatic N) is 8. The number of halogens is 6. The number of aromatic nitrogens is 5. The van der Waals surface area contributed by atoms with E-state index in [0.717, 1.165) is 24.3 Å². The van der Waals surface area contributed by atoms with Crippen molar-refractivity contribution in [2.75, 3.05) is 31.6 Å². The van der Waals surface area contributed by atoms with Crippen LogP contribution in [0, 0.1) is 30.1 Å². The van der Waals surface area contributed by atoms with Crippen molar-refractivity contribution in [2.45, 2.75) is 56.3 Å². The molecule has 0 atom stereocenters. The van der Waals surface area contributed by atoms with Crippen molar-refractivity contribution in [3.63, 3.8) is 0 Å². The maximum absolute atomic E-state index is 14.1. The second-order valence-electron chi connectivity index (χ2n) is 14.6. The molecular weight excluding hydrogens is 877 g/mol. The fourth-order valence-electron chi connectivity index (χ4n) is 7.24. The summed E-state index contributed by atoms with van der Waals surface area (Å²) in [6, 6.07) is 9.71. The molecule has 1 aliphatic heterocycles. The molecular formula is C41H33ClF5N9O4S2. The van der Waals surface area contributed by atoms with Crippen LogP contribution in [0.2, 0.25) is 5.02 Å². The van der Waals surface area contributed by atoms with Crippen LogP contribution in [0.4, 0.5) is 27.8 Å². The lowest BCUT2D eigenvalue weighted by molar-refractivity contribution is -0.141. The van der Waals surface area contributed by atoms with Gasteiger partial charge in [0.15, 0.2) is 0 Å². The van der Waals surface area contributed by atoms with Crippen molar-refractivity contribution < 1.29 is 35.2 Å². The molecule has 1 saturated heterocycles. The standard InChI is InChI=1S/C41H33ClF5N9O4S2/c1-23-52-32-20-51-37(54(3)26-10-15-55(16-11-26)22-40(2,43)44)30(19-48)34(32)39(58)56(23)14-4-5-24-6-7-25(42)17-29(24)28-9-13-50-35-31(21-61-36(28)35)38(57)53-62(59,60)27-8-12-49-33(18-27)41(45,46)47/h6-9,12-13,17-18,20-21,26H,10-11,14-16,22H2,1-3H3,(H,53,57). The number of rotatable bonds is 9. The van der Waals surface area contributed by atoms with Crippen LogP contribution in [0.1, 0.15) is 52.8 Å². The number of fused-ring (bicyclic) bond motifs is 2. The minimum absolute atomic E-state index is 0.0305. The molecule has 6 heterocycles. The maximum atomic E-state index is 14.1. The highest BCUT2D eigenvalue weighted by molar-refractivity contribution is 7.90. The number of nitrogens with one attached hydrogen (secondary N) is 1. The molecule has 7 rings (SSSR count). The lowest BCUT2D eigenvalue weighted by Gasteiger charge is -2.38. The number of piperidine rings is 1. The van der Waals surface area contributed by atoms with Gasteiger partial charge < -0.3 is 4.90 Å². The third-order valence-corrected chi connectivity index (χ3v) is 12.8. The fourth-order valence-corrected chi connectivity index (χ4v) is 9.42. The molecule has 13 nitrogen and oxygen atoms in total. The van der Waals surface area contributed by atoms with E-state index in [1.807, 2.05) is 9.62 Å². The first-order valence-electron chi connectivity index (χ1n) is 18.6. The summed E-state index contributed by atoms with van der Waals surface area (Å²) in [5, 5.41) is 12.1. The quantitative estimate of drug-likeness (QED) is 0.117. The van der Waals surface area contributed by atoms with E-state index in [2.05, 4.69) is 37.8 Å². The Hall–Kier alpha value is -6.06. The lowest BCUT2D eigenvalue weighted by Crippen LogP contribution is -2.46. The molecule has 5 aromatic heterocycles. The second-order valence-corrected chi connectivity index (χ2v) is 17.6. The monoisotopic (exact) mass is 909 g/mol. The third-order valence-electron chi connectivity index (χ3n) is 10.2. The van der Waals surface area contributed by atoms with Crippen molar-refractivity contribution in [1.82, 2.24) is 34.1 Å². The molecule has 0 radical (unpaired) electrons. The molecule has 62 heavy (non-hydrogen) atoms. The number of alkyl halides is 5. The number of hydrogen-bond donors (Lipinski definition) is 1. The van der Waals surface area contributed by atoms with Gasteiger partial charge in [-0.05, 0) is 56.2 Å². The molecule has 1 aliphatic rings. The average molecular weight is 910 g/mol. The summed E-state index contributed by atoms with van der Waals surface area (Å²) >= 11 is 7.49. The molecule has 6 aromatic rings. The third kappa shape index (κ3) is 9.09. The predicted octanol–water partition coefficient (Wildman–Crippen LogP) is 7.04. The van der Waals surface area contributed by atoms with Crippen molar-refractivity contribution >= 4 is 65.8 Å². The smallest absolute Gasteiger partial charge is 0.355 e. The molecule has 1 fully saturated rings. The van der Waals surface area contributed by atoms with Crippen LogP contribution >= 0.6 is 22.9 Å². The Morgan fingerprint density at radius 1 is 1.06 bits per heavy atom. The maximum Gasteiger partial charge on any atom is 0.433 e. The summed E-state index contributed by atoms with van der Waals surface area (Å²) < 4.78 is 96.4. The molecule has 1 amide bonds. The first-order valence-corrected chi connectivity index (χ1v) is 21.4. The van der Waals surface area contributed by atoms with Gasteiger partial charge >= 0.3 is 6.18 Å². The van der Waals surface area contributed by atoms with Crippen molar-refractivity contribution in [3.8, 4) is 29.0 Å². The van der Waals surface area contributed by atoms with Crippen molar-refractivity contribution in [1.29, 1.82) is 5.26 Å². The highest BCUT2D eigenvalue weighted by Gasteiger charge is 2.35. The van der Waals surface area contributed by atoms with Crippen molar-refractivity contribution in [2.24, 2.45) is 0 Å². The predicted molar refractivity (Wildman–Crippen MR) is 223 cm³/mol. The van der Waals surface area contributed by atoms with Gasteiger partial charge in [-0.25, -0.2) is 31.9 Å². The van der Waals surface area contributed by atoms with Gasteiger partial charge in [0.05, 0.1) is 50.9 Å². The number of likely N-dealkylation sites (tertiary alicyclic amines) is 1. The normalized spacial score (nSPS) is 14.1. The number of anilines is 1. The van der Waals surface area contributed by atoms with E-state index in [0.29, 0.717) is 70.4 Å². The molecule has 320 valence electrons. The van der Waals surface area contributed by atoms with Gasteiger partial charge in [0.1, 0.15) is 29.0 Å². The van der Waals surface area contributed by atoms with Crippen LogP contribution < -0.4 is 15.2 Å². The van der Waals surface area contributed by atoms with Crippen LogP contribution in [0.15, 0.2) is 70.1 Å². The number of amides is 1. The van der Waals surface area contributed by atoms with Gasteiger partial charge in [0.25, 0.3) is 27.4 Å². The summed E-state index contributed by atoms with van der Waals surface area (Å²) in [4.78, 5) is 46.6. The molecule has 0 spiro atoms. The highest BCUT2D eigenvalue weighted by Crippen LogP contribution is 2.37. The summed E-state index contributed by atoms with van der Waals surface area (Å²) in [5.41, 5.74) is -0.264. The molecule has 0 aliphatic carbocycles. The molecule has 1 N–H and O–H groups in total. The number of sulfonamides is 1. The Morgan fingerprint density at radius 3 is 2.48 bits per heavy atom. The van der Waals surface area contributed by atoms with Crippen molar-refractivity contribution in [3.05, 3.63) is 104 Å². The first-order chi connectivity index (χ1) is 29.3. The van der Waals surface area contributed by atoms with Gasteiger partial charge in [-0.15, -0.1) is 11.3 Å². The van der Waals surface area contributed by atoms with Crippen LogP contribution in [-0.4, -0.2) is 82.4 Å². The fraction of sp³-hybridized carbons (Fsp3) is 0.293. The summed E-state index contributed by atoms with van der Waals surface area (Å²) in [7, 11) is -3.00. The summed E-state index contributed by atoms with van der Waals surface area (Å²) in [5.74, 6) is 2.73. The zero-order valence-electron chi connectivity index (χ0n) is 32.9. The van der Waals surface area contributed by atoms with E-state index < -0.39 is 44.2 Å². The molecule has 0 bridgehead atoms. The van der Waals surface area contributed by atoms with Gasteiger partial charge in [0, 0.05) is 72.6 Å². The topological polar surface area (TPSA) is 167 Å². The Labute approximate surface area is 359 Å². The molecule has 0 saturated carbocycles. The number of hydrogen-bond acceptors (Lipinski definition) is 12. The van der Waals surface area contributed by atoms with E-state index >= 15 is 0 Å². The number of pyridine rings is 3. The van der Waals surface area contributed by atoms with Gasteiger partial charge in [-0.2, -0.15) is 18.4 Å². The van der Waals surface area contributed by atoms with Crippen LogP contribution in [0.25, 0.3) is 32.2 Å². The van der Waals surface area contributed by atoms with E-state index in [1.165, 1.54) is 22.3 Å². The highest BCUT2D eigenvalue weighted by atomic mass is 35.5. The average Bonchev–Trinajstić information content (AvgIpc) is 3.66. The van der Waals surface area contributed by atoms with Gasteiger partial charge in [0.2, 0.25) is 0 Å². The number of carbonyl (C=O) groups is 1. The zero-order valence-corrected chi connectivity index (χ0v) is 35.3. The van der Waals surface area contributed by atoms with Gasteiger partial charge in [-0.1, -0.05) is 23.4 Å². The second kappa shape index (κ2) is 17.0. The number of nitriles is 1. The number of benzene rings is 1. The van der Waals surface area contributed by atoms with E-state index in [-0.39, 0.29) is 52.5 Å². The number of thiophene rings is 1. The Kier molecular flexibility index (Phi) is 12.1. The summed E-state index contributed by atoms with van der Waals surface area (Å²) in [6.45, 7) is 2.90. The van der Waals surface area contributed by atoms with E-state index in [9.17, 15) is 45.2 Å². The minimum atomic E-state index is -4.92. The SMILES string of the molecule is Cc1nc2cnc(N(C)C3CCN(CC(C)(F)F)CC3)c(C#N)c2c(=O)n1CC#Cc1ccc(Cl)cc1-c1ccnc2c(C(=O)NS(=O)(=O)c3ccnc(C(F)(F)F)c3)csc12. The number of aryl methyl sites for hydroxylation is 1. The lowest BCUT2D eigenvalue weighted by atomic mass is 10.00. The number of carbonyl (C=O) groups excluding carboxylic acids is 1. The first kappa shape index (κ1) is 44.0. The molecule has 21 heteroatoms. The summed E-state index contributed by atoms with van der Waals surface area (Å²) in [6.07, 6.45) is -0.314. The van der Waals surface area contributed by atoms with Gasteiger partial charge in [-0.3, -0.25) is 29.0 Å². The molecule has 1 aromatic carbocycles. The zero-order chi connectivity index (χ0) is 44.7. The van der Waals surface area contributed by atoms with Crippen LogP contribution in [-0.2, 0) is 22.7 Å². The largest absolute Gasteiger partial charge is 0.433 e. The van der Waals surface area contributed by atoms with E-state index in [4.69, 9.17) is 11.6 Å². The van der Waals surface area contributed by atoms with E-state index in [1.54, 1.807) is 43.1 Å². The molecule has 0 unspecified atom stereocenters. The van der Waals surface area contributed by atoms with Crippen LogP contribution in [0.3, 0.4) is 0 Å². The minimum Gasteiger partial charge on any atom is -0.355 e. The Balaban J connectivity index is 1.16. The Bertz CT molecular complexity index is 3040. The van der Waals surface area contributed by atoms with Crippen LogP contribution in [0.5, 0.6) is 0 Å².